The minimum atomic E-state index is -0.451. The topological polar surface area (TPSA) is 92.7 Å². The molecule has 2 N–H and O–H groups in total. The number of nitrogens with zero attached hydrogens (tertiary/aromatic N) is 3. The molecule has 3 heterocycles. The van der Waals surface area contributed by atoms with Gasteiger partial charge in [-0.25, -0.2) is 4.68 Å². The van der Waals surface area contributed by atoms with E-state index in [4.69, 9.17) is 11.6 Å². The molecule has 3 aromatic heterocycles. The van der Waals surface area contributed by atoms with Crippen LogP contribution in [0.1, 0.15) is 15.9 Å². The lowest BCUT2D eigenvalue weighted by Crippen LogP contribution is -2.34. The van der Waals surface area contributed by atoms with Gasteiger partial charge in [-0.3, -0.25) is 25.1 Å². The fourth-order valence-electron chi connectivity index (χ4n) is 3.72. The number of amides is 1. The second-order valence-electron chi connectivity index (χ2n) is 7.59. The molecule has 33 heavy (non-hydrogen) atoms. The number of hydrogen-bond acceptors (Lipinski definition) is 4. The number of nitrogens with one attached hydrogen (secondary N) is 2. The number of aromatic amines is 1. The lowest BCUT2D eigenvalue weighted by atomic mass is 10.0. The van der Waals surface area contributed by atoms with Crippen LogP contribution in [0, 0.1) is 6.92 Å². The smallest absolute Gasteiger partial charge is 0.272 e. The molecule has 0 saturated carbocycles. The number of hydrogen-bond donors (Lipinski definition) is 2. The number of aryl methyl sites for hydroxylation is 1. The van der Waals surface area contributed by atoms with Crippen LogP contribution in [0.5, 0.6) is 0 Å². The van der Waals surface area contributed by atoms with E-state index in [1.54, 1.807) is 30.5 Å². The molecule has 162 valence electrons. The molecular weight excluding hydrogens is 438 g/mol. The summed E-state index contributed by atoms with van der Waals surface area (Å²) in [7, 11) is 0. The van der Waals surface area contributed by atoms with Gasteiger partial charge in [-0.15, -0.1) is 0 Å². The van der Waals surface area contributed by atoms with Gasteiger partial charge in [0.25, 0.3) is 11.5 Å². The maximum Gasteiger partial charge on any atom is 0.295 e. The maximum absolute atomic E-state index is 13.5. The average Bonchev–Trinajstić information content (AvgIpc) is 3.25. The van der Waals surface area contributed by atoms with E-state index < -0.39 is 11.5 Å². The number of carbonyl (C=O) groups excluding carboxylic acids is 1. The van der Waals surface area contributed by atoms with Crippen LogP contribution in [0.15, 0.2) is 83.9 Å². The first-order valence-electron chi connectivity index (χ1n) is 10.2. The summed E-state index contributed by atoms with van der Waals surface area (Å²) in [6.45, 7) is 1.97. The van der Waals surface area contributed by atoms with E-state index in [9.17, 15) is 9.59 Å². The number of halogens is 1. The highest BCUT2D eigenvalue weighted by atomic mass is 35.5. The molecule has 0 atom stereocenters. The molecule has 1 amide bonds. The number of rotatable bonds is 4. The van der Waals surface area contributed by atoms with Crippen LogP contribution in [0.2, 0.25) is 5.02 Å². The molecule has 0 bridgehead atoms. The Bertz CT molecular complexity index is 1560. The zero-order valence-electron chi connectivity index (χ0n) is 17.5. The van der Waals surface area contributed by atoms with Crippen molar-refractivity contribution in [1.29, 1.82) is 0 Å². The van der Waals surface area contributed by atoms with Crippen LogP contribution < -0.4 is 11.0 Å². The van der Waals surface area contributed by atoms with Gasteiger partial charge in [0, 0.05) is 33.9 Å². The van der Waals surface area contributed by atoms with Crippen molar-refractivity contribution in [2.75, 3.05) is 5.43 Å². The Kier molecular flexibility index (Phi) is 5.24. The Balaban J connectivity index is 1.73. The van der Waals surface area contributed by atoms with Gasteiger partial charge in [0.15, 0.2) is 0 Å². The van der Waals surface area contributed by atoms with E-state index in [1.165, 1.54) is 10.9 Å². The lowest BCUT2D eigenvalue weighted by molar-refractivity contribution is 0.101. The van der Waals surface area contributed by atoms with Crippen molar-refractivity contribution in [1.82, 2.24) is 19.9 Å². The predicted molar refractivity (Wildman–Crippen MR) is 129 cm³/mol. The van der Waals surface area contributed by atoms with E-state index in [1.807, 2.05) is 49.4 Å². The van der Waals surface area contributed by atoms with Crippen LogP contribution in [-0.2, 0) is 0 Å². The van der Waals surface area contributed by atoms with Gasteiger partial charge in [-0.2, -0.15) is 5.10 Å². The Morgan fingerprint density at radius 2 is 1.85 bits per heavy atom. The number of H-pyrrole nitrogens is 1. The van der Waals surface area contributed by atoms with E-state index in [2.05, 4.69) is 20.6 Å². The molecule has 5 aromatic rings. The number of pyridine rings is 2. The Morgan fingerprint density at radius 3 is 2.61 bits per heavy atom. The third-order valence-corrected chi connectivity index (χ3v) is 5.53. The minimum absolute atomic E-state index is 0.271. The minimum Gasteiger partial charge on any atom is -0.272 e. The summed E-state index contributed by atoms with van der Waals surface area (Å²) in [6, 6.07) is 20.1. The van der Waals surface area contributed by atoms with Crippen molar-refractivity contribution in [3.63, 3.8) is 0 Å². The summed E-state index contributed by atoms with van der Waals surface area (Å²) in [5, 5.41) is 8.41. The Hall–Kier alpha value is -4.23. The van der Waals surface area contributed by atoms with Gasteiger partial charge in [0.1, 0.15) is 11.2 Å². The molecule has 0 fully saturated rings. The summed E-state index contributed by atoms with van der Waals surface area (Å²) in [5.41, 5.74) is 6.60. The summed E-state index contributed by atoms with van der Waals surface area (Å²) in [5.74, 6) is -0.451. The van der Waals surface area contributed by atoms with E-state index in [-0.39, 0.29) is 5.52 Å². The number of aromatic nitrogens is 4. The van der Waals surface area contributed by atoms with Gasteiger partial charge in [-0.1, -0.05) is 47.5 Å². The fraction of sp³-hybridized carbons (Fsp3) is 0.0400. The standard InChI is InChI=1S/C25H18ClN5O2/c1-15-5-2-6-16(11-15)21-13-20-22(17-7-3-9-19(26)12-17)28-29-23(20)25(33)31(21)30-24(32)18-8-4-10-27-14-18/h2-14H,1H3,(H,28,29)(H,30,32). The molecule has 0 aliphatic heterocycles. The first kappa shape index (κ1) is 20.7. The van der Waals surface area contributed by atoms with Crippen molar-refractivity contribution in [2.24, 2.45) is 0 Å². The second-order valence-corrected chi connectivity index (χ2v) is 8.03. The molecule has 0 aliphatic rings. The molecule has 2 aromatic carbocycles. The summed E-state index contributed by atoms with van der Waals surface area (Å²) >= 11 is 6.17. The van der Waals surface area contributed by atoms with Gasteiger partial charge in [-0.05, 0) is 43.3 Å². The van der Waals surface area contributed by atoms with Gasteiger partial charge in [0.2, 0.25) is 0 Å². The largest absolute Gasteiger partial charge is 0.295 e. The van der Waals surface area contributed by atoms with E-state index >= 15 is 0 Å². The third kappa shape index (κ3) is 3.90. The predicted octanol–water partition coefficient (Wildman–Crippen LogP) is 4.80. The van der Waals surface area contributed by atoms with Gasteiger partial charge >= 0.3 is 0 Å². The molecule has 0 radical (unpaired) electrons. The Labute approximate surface area is 193 Å². The van der Waals surface area contributed by atoms with Crippen molar-refractivity contribution >= 4 is 28.4 Å². The molecular formula is C25H18ClN5O2. The van der Waals surface area contributed by atoms with Gasteiger partial charge in [0.05, 0.1) is 11.3 Å². The highest BCUT2D eigenvalue weighted by Crippen LogP contribution is 2.30. The zero-order valence-corrected chi connectivity index (χ0v) is 18.3. The molecule has 7 nitrogen and oxygen atoms in total. The average molecular weight is 456 g/mol. The molecule has 8 heteroatoms. The quantitative estimate of drug-likeness (QED) is 0.407. The van der Waals surface area contributed by atoms with Crippen LogP contribution in [-0.4, -0.2) is 25.8 Å². The van der Waals surface area contributed by atoms with Crippen LogP contribution >= 0.6 is 11.6 Å². The Morgan fingerprint density at radius 1 is 1.03 bits per heavy atom. The van der Waals surface area contributed by atoms with Crippen molar-refractivity contribution in [3.05, 3.63) is 106 Å². The van der Waals surface area contributed by atoms with E-state index in [0.29, 0.717) is 27.4 Å². The molecule has 0 saturated heterocycles. The number of benzene rings is 2. The normalized spacial score (nSPS) is 11.0. The molecule has 0 aliphatic carbocycles. The molecule has 0 unspecified atom stereocenters. The SMILES string of the molecule is Cc1cccc(-c2cc3c(-c4cccc(Cl)c4)n[nH]c3c(=O)n2NC(=O)c2cccnc2)c1. The van der Waals surface area contributed by atoms with Crippen molar-refractivity contribution in [3.8, 4) is 22.5 Å². The van der Waals surface area contributed by atoms with Crippen LogP contribution in [0.25, 0.3) is 33.4 Å². The zero-order chi connectivity index (χ0) is 22.9. The lowest BCUT2D eigenvalue weighted by Gasteiger charge is -2.15. The monoisotopic (exact) mass is 455 g/mol. The third-order valence-electron chi connectivity index (χ3n) is 5.29. The number of fused-ring (bicyclic) bond motifs is 1. The van der Waals surface area contributed by atoms with Crippen molar-refractivity contribution < 1.29 is 4.79 Å². The number of carbonyl (C=O) groups is 1. The maximum atomic E-state index is 13.5. The van der Waals surface area contributed by atoms with Crippen LogP contribution in [0.4, 0.5) is 0 Å². The van der Waals surface area contributed by atoms with Crippen LogP contribution in [0.3, 0.4) is 0 Å². The summed E-state index contributed by atoms with van der Waals surface area (Å²) in [4.78, 5) is 30.4. The second kappa shape index (κ2) is 8.37. The summed E-state index contributed by atoms with van der Waals surface area (Å²) in [6.07, 6.45) is 3.02. The summed E-state index contributed by atoms with van der Waals surface area (Å²) < 4.78 is 1.24. The highest BCUT2D eigenvalue weighted by molar-refractivity contribution is 6.30. The first-order chi connectivity index (χ1) is 16.0. The highest BCUT2D eigenvalue weighted by Gasteiger charge is 2.19. The fourth-order valence-corrected chi connectivity index (χ4v) is 3.91. The van der Waals surface area contributed by atoms with Gasteiger partial charge < -0.3 is 0 Å². The van der Waals surface area contributed by atoms with E-state index in [0.717, 1.165) is 16.7 Å². The molecule has 0 spiro atoms. The molecule has 5 rings (SSSR count). The van der Waals surface area contributed by atoms with Crippen molar-refractivity contribution in [2.45, 2.75) is 6.92 Å². The first-order valence-corrected chi connectivity index (χ1v) is 10.6.